The number of hydrogen-bond donors (Lipinski definition) is 2. The van der Waals surface area contributed by atoms with Gasteiger partial charge in [-0.15, -0.1) is 4.52 Å². The summed E-state index contributed by atoms with van der Waals surface area (Å²) in [6.45, 7) is 3.94. The first-order valence-corrected chi connectivity index (χ1v) is 11.8. The minimum Gasteiger partial charge on any atom is -0.478 e. The molecule has 1 heterocycles. The topological polar surface area (TPSA) is 102 Å². The molecule has 3 aromatic rings. The Balaban J connectivity index is 2.12. The lowest BCUT2D eigenvalue weighted by molar-refractivity contribution is -0.138. The summed E-state index contributed by atoms with van der Waals surface area (Å²) < 4.78 is 32.0. The zero-order valence-corrected chi connectivity index (χ0v) is 19.9. The maximum absolute atomic E-state index is 13.6. The number of aliphatic hydroxyl groups excluding tert-OH is 1. The van der Waals surface area contributed by atoms with Crippen LogP contribution in [0.2, 0.25) is 0 Å². The van der Waals surface area contributed by atoms with Gasteiger partial charge in [-0.3, -0.25) is 4.57 Å². The number of halogens is 1. The molecule has 0 aliphatic rings. The van der Waals surface area contributed by atoms with Crippen LogP contribution in [0.1, 0.15) is 37.6 Å². The van der Waals surface area contributed by atoms with Gasteiger partial charge in [0.1, 0.15) is 23.4 Å². The van der Waals surface area contributed by atoms with E-state index in [1.165, 1.54) is 12.1 Å². The van der Waals surface area contributed by atoms with E-state index in [1.54, 1.807) is 12.1 Å². The molecule has 2 unspecified atom stereocenters. The van der Waals surface area contributed by atoms with E-state index in [0.29, 0.717) is 22.9 Å². The van der Waals surface area contributed by atoms with E-state index in [0.717, 1.165) is 12.7 Å². The Kier molecular flexibility index (Phi) is 8.30. The zero-order chi connectivity index (χ0) is 24.8. The molecule has 0 bridgehead atoms. The molecular weight excluding hydrogens is 458 g/mol. The second-order valence-electron chi connectivity index (χ2n) is 7.83. The van der Waals surface area contributed by atoms with Crippen molar-refractivity contribution in [3.05, 3.63) is 71.8 Å². The lowest BCUT2D eigenvalue weighted by Crippen LogP contribution is -2.30. The highest BCUT2D eigenvalue weighted by atomic mass is 31.1. The monoisotopic (exact) mass is 483 g/mol. The highest BCUT2D eigenvalue weighted by Gasteiger charge is 2.45. The third kappa shape index (κ3) is 5.57. The average Bonchev–Trinajstić information content (AvgIpc) is 3.19. The molecular formula is C25H25FN2O5P+. The molecule has 0 saturated carbocycles. The van der Waals surface area contributed by atoms with Crippen LogP contribution in [-0.2, 0) is 13.9 Å². The van der Waals surface area contributed by atoms with Crippen LogP contribution in [0, 0.1) is 17.7 Å². The fourth-order valence-electron chi connectivity index (χ4n) is 3.44. The van der Waals surface area contributed by atoms with E-state index >= 15 is 0 Å². The van der Waals surface area contributed by atoms with Gasteiger partial charge >= 0.3 is 19.7 Å². The van der Waals surface area contributed by atoms with Gasteiger partial charge < -0.3 is 10.2 Å². The number of carboxylic acid groups (broad SMARTS) is 1. The molecule has 9 heteroatoms. The van der Waals surface area contributed by atoms with Crippen LogP contribution in [0.4, 0.5) is 4.39 Å². The number of aliphatic carboxylic acids is 1. The van der Waals surface area contributed by atoms with Gasteiger partial charge in [0.05, 0.1) is 12.8 Å². The van der Waals surface area contributed by atoms with Crippen molar-refractivity contribution in [1.29, 1.82) is 0 Å². The number of aromatic nitrogens is 2. The SMILES string of the molecule is CO[P+](=O)[C@H](C(=O)O)C(O)CC#Cc1c(C(C)C)nc(-c2ccccc2)n1-c1ccc(F)cc1. The summed E-state index contributed by atoms with van der Waals surface area (Å²) in [5.74, 6) is 4.64. The second-order valence-corrected chi connectivity index (χ2v) is 9.32. The molecule has 3 atom stereocenters. The normalized spacial score (nSPS) is 13.2. The number of nitrogens with zero attached hydrogens (tertiary/aromatic N) is 2. The molecule has 0 aliphatic heterocycles. The van der Waals surface area contributed by atoms with Gasteiger partial charge in [-0.1, -0.05) is 50.1 Å². The van der Waals surface area contributed by atoms with E-state index in [9.17, 15) is 24.0 Å². The van der Waals surface area contributed by atoms with Crippen molar-refractivity contribution in [3.8, 4) is 28.9 Å². The minimum atomic E-state index is -2.60. The molecule has 0 amide bonds. The molecule has 1 aromatic heterocycles. The Hall–Kier alpha value is -3.37. The van der Waals surface area contributed by atoms with Crippen LogP contribution in [0.15, 0.2) is 54.6 Å². The Morgan fingerprint density at radius 1 is 1.18 bits per heavy atom. The first-order valence-electron chi connectivity index (χ1n) is 10.6. The molecule has 34 heavy (non-hydrogen) atoms. The predicted octanol–water partition coefficient (Wildman–Crippen LogP) is 4.75. The largest absolute Gasteiger partial charge is 0.525 e. The van der Waals surface area contributed by atoms with Gasteiger partial charge in [-0.2, -0.15) is 0 Å². The van der Waals surface area contributed by atoms with Gasteiger partial charge in [0, 0.05) is 17.7 Å². The summed E-state index contributed by atoms with van der Waals surface area (Å²) in [4.78, 5) is 16.3. The van der Waals surface area contributed by atoms with Gasteiger partial charge in [0.15, 0.2) is 0 Å². The molecule has 2 N–H and O–H groups in total. The number of carboxylic acids is 1. The number of rotatable bonds is 8. The third-order valence-electron chi connectivity index (χ3n) is 5.11. The van der Waals surface area contributed by atoms with Crippen molar-refractivity contribution in [2.24, 2.45) is 0 Å². The zero-order valence-electron chi connectivity index (χ0n) is 19.0. The summed E-state index contributed by atoms with van der Waals surface area (Å²) in [5, 5.41) is 19.6. The summed E-state index contributed by atoms with van der Waals surface area (Å²) in [5.41, 5.74) is 1.12. The quantitative estimate of drug-likeness (QED) is 0.354. The maximum Gasteiger partial charge on any atom is 0.525 e. The van der Waals surface area contributed by atoms with Crippen molar-refractivity contribution in [2.45, 2.75) is 37.9 Å². The fourth-order valence-corrected chi connectivity index (χ4v) is 4.24. The summed E-state index contributed by atoms with van der Waals surface area (Å²) in [6.07, 6.45) is -1.74. The standard InChI is InChI=1S/C25H24FN2O5P/c1-16(2)22-20(10-7-11-21(29)23(25(30)31)34(32)33-3)28(19-14-12-18(26)13-15-19)24(27-22)17-8-5-4-6-9-17/h4-6,8-9,12-16,21,23,29H,11H2,1-3H3/p+1/t21?,23-/m0/s1. The van der Waals surface area contributed by atoms with Crippen molar-refractivity contribution < 1.29 is 28.5 Å². The first-order chi connectivity index (χ1) is 16.2. The average molecular weight is 483 g/mol. The second kappa shape index (κ2) is 11.2. The lowest BCUT2D eigenvalue weighted by Gasteiger charge is -2.11. The summed E-state index contributed by atoms with van der Waals surface area (Å²) in [7, 11) is -1.48. The molecule has 0 radical (unpaired) electrons. The number of hydrogen-bond acceptors (Lipinski definition) is 5. The minimum absolute atomic E-state index is 0.00637. The van der Waals surface area contributed by atoms with Gasteiger partial charge in [0.25, 0.3) is 0 Å². The van der Waals surface area contributed by atoms with Crippen LogP contribution in [0.5, 0.6) is 0 Å². The Bertz CT molecular complexity index is 1230. The summed E-state index contributed by atoms with van der Waals surface area (Å²) in [6, 6.07) is 15.4. The van der Waals surface area contributed by atoms with Crippen molar-refractivity contribution in [2.75, 3.05) is 7.11 Å². The number of carbonyl (C=O) groups is 1. The third-order valence-corrected chi connectivity index (χ3v) is 6.49. The molecule has 0 saturated heterocycles. The Labute approximate surface area is 198 Å². The molecule has 0 spiro atoms. The van der Waals surface area contributed by atoms with Crippen molar-refractivity contribution >= 4 is 14.0 Å². The lowest BCUT2D eigenvalue weighted by atomic mass is 10.1. The van der Waals surface area contributed by atoms with Crippen molar-refractivity contribution in [1.82, 2.24) is 9.55 Å². The van der Waals surface area contributed by atoms with Crippen LogP contribution in [-0.4, -0.2) is 44.6 Å². The number of aliphatic hydroxyl groups is 1. The molecule has 176 valence electrons. The predicted molar refractivity (Wildman–Crippen MR) is 127 cm³/mol. The molecule has 2 aromatic carbocycles. The fraction of sp³-hybridized carbons (Fsp3) is 0.280. The Morgan fingerprint density at radius 2 is 1.82 bits per heavy atom. The number of benzene rings is 2. The Morgan fingerprint density at radius 3 is 2.38 bits per heavy atom. The van der Waals surface area contributed by atoms with Gasteiger partial charge in [-0.25, -0.2) is 14.2 Å². The van der Waals surface area contributed by atoms with Crippen molar-refractivity contribution in [3.63, 3.8) is 0 Å². The van der Waals surface area contributed by atoms with E-state index in [1.807, 2.05) is 48.7 Å². The highest BCUT2D eigenvalue weighted by molar-refractivity contribution is 7.41. The van der Waals surface area contributed by atoms with E-state index in [2.05, 4.69) is 16.4 Å². The molecule has 7 nitrogen and oxygen atoms in total. The van der Waals surface area contributed by atoms with E-state index in [4.69, 9.17) is 4.98 Å². The number of imidazole rings is 1. The van der Waals surface area contributed by atoms with Gasteiger partial charge in [-0.05, 0) is 40.7 Å². The highest BCUT2D eigenvalue weighted by Crippen LogP contribution is 2.32. The van der Waals surface area contributed by atoms with Crippen LogP contribution in [0.3, 0.4) is 0 Å². The maximum atomic E-state index is 13.6. The molecule has 0 fully saturated rings. The first kappa shape index (κ1) is 25.3. The van der Waals surface area contributed by atoms with E-state index in [-0.39, 0.29) is 18.2 Å². The molecule has 3 rings (SSSR count). The van der Waals surface area contributed by atoms with E-state index < -0.39 is 25.8 Å². The van der Waals surface area contributed by atoms with Crippen LogP contribution >= 0.6 is 8.03 Å². The van der Waals surface area contributed by atoms with Crippen LogP contribution in [0.25, 0.3) is 17.1 Å². The summed E-state index contributed by atoms with van der Waals surface area (Å²) >= 11 is 0. The molecule has 0 aliphatic carbocycles. The van der Waals surface area contributed by atoms with Gasteiger partial charge in [0.2, 0.25) is 0 Å². The smallest absolute Gasteiger partial charge is 0.478 e. The van der Waals surface area contributed by atoms with Crippen LogP contribution < -0.4 is 0 Å².